The lowest BCUT2D eigenvalue weighted by Crippen LogP contribution is -2.57. The molecule has 0 unspecified atom stereocenters. The fourth-order valence-electron chi connectivity index (χ4n) is 5.55. The second-order valence-corrected chi connectivity index (χ2v) is 9.28. The van der Waals surface area contributed by atoms with E-state index in [0.29, 0.717) is 21.7 Å². The molecule has 6 N–H and O–H groups in total. The van der Waals surface area contributed by atoms with Crippen LogP contribution in [0.2, 0.25) is 5.02 Å². The van der Waals surface area contributed by atoms with Crippen molar-refractivity contribution in [2.45, 2.75) is 24.9 Å². The van der Waals surface area contributed by atoms with Gasteiger partial charge in [0.25, 0.3) is 5.91 Å². The molecule has 0 radical (unpaired) electrons. The number of nitrogens with two attached hydrogens (primary N) is 1. The van der Waals surface area contributed by atoms with Crippen molar-refractivity contribution in [2.24, 2.45) is 17.6 Å². The maximum atomic E-state index is 13.6. The van der Waals surface area contributed by atoms with Crippen molar-refractivity contribution in [1.29, 1.82) is 0 Å². The van der Waals surface area contributed by atoms with Crippen molar-refractivity contribution >= 4 is 29.1 Å². The number of carbonyl (C=O) groups excluding carboxylic acids is 3. The monoisotopic (exact) mass is 481 g/mol. The molecule has 0 saturated carbocycles. The number of aromatic hydroxyl groups is 1. The molecule has 3 aliphatic rings. The zero-order chi connectivity index (χ0) is 24.5. The van der Waals surface area contributed by atoms with E-state index in [1.165, 1.54) is 6.07 Å². The van der Waals surface area contributed by atoms with Crippen LogP contribution in [0.3, 0.4) is 0 Å². The average molecular weight is 482 g/mol. The fraction of sp³-hybridized carbons (Fsp3) is 0.240. The molecule has 0 spiro atoms. The van der Waals surface area contributed by atoms with Gasteiger partial charge in [-0.1, -0.05) is 35.9 Å². The van der Waals surface area contributed by atoms with Crippen molar-refractivity contribution in [2.75, 3.05) is 0 Å². The molecule has 9 heteroatoms. The van der Waals surface area contributed by atoms with Crippen molar-refractivity contribution in [1.82, 2.24) is 0 Å². The molecule has 0 bridgehead atoms. The van der Waals surface area contributed by atoms with E-state index in [1.54, 1.807) is 30.3 Å². The third-order valence-electron chi connectivity index (χ3n) is 7.11. The molecule has 8 nitrogen and oxygen atoms in total. The van der Waals surface area contributed by atoms with Crippen LogP contribution in [-0.2, 0) is 16.0 Å². The second-order valence-electron chi connectivity index (χ2n) is 8.88. The molecular weight excluding hydrogens is 462 g/mol. The summed E-state index contributed by atoms with van der Waals surface area (Å²) in [6, 6.07) is 10.1. The number of phenolic OH excluding ortho intramolecular Hbond substituents is 1. The standard InChI is InChI=1S/C25H20ClNO7/c26-15-4-2-1-3-13(15)12-5-6-16(28)19-14(12)8-10-7-11-9-17(29)20(24(27)33)23(32)25(11,34)22(31)18(10)21(19)30/h1-6,10-11,28-29,31,34H,7-9H2,(H2,27,33)/t10-,11+,25+/m1/s1. The molecule has 1 amide bonds. The van der Waals surface area contributed by atoms with E-state index in [2.05, 4.69) is 0 Å². The first kappa shape index (κ1) is 22.2. The first-order chi connectivity index (χ1) is 16.1. The molecule has 2 aromatic rings. The van der Waals surface area contributed by atoms with Crippen LogP contribution in [0.25, 0.3) is 11.1 Å². The summed E-state index contributed by atoms with van der Waals surface area (Å²) in [5.74, 6) is -6.54. The van der Waals surface area contributed by atoms with Crippen LogP contribution in [0.1, 0.15) is 28.8 Å². The number of carbonyl (C=O) groups is 3. The molecule has 3 atom stereocenters. The first-order valence-electron chi connectivity index (χ1n) is 10.6. The zero-order valence-corrected chi connectivity index (χ0v) is 18.5. The van der Waals surface area contributed by atoms with Gasteiger partial charge in [-0.25, -0.2) is 0 Å². The molecule has 34 heavy (non-hydrogen) atoms. The second kappa shape index (κ2) is 7.44. The molecular formula is C25H20ClNO7. The summed E-state index contributed by atoms with van der Waals surface area (Å²) in [4.78, 5) is 38.3. The van der Waals surface area contributed by atoms with Crippen LogP contribution in [0, 0.1) is 11.8 Å². The Morgan fingerprint density at radius 3 is 2.41 bits per heavy atom. The van der Waals surface area contributed by atoms with Crippen molar-refractivity contribution in [3.8, 4) is 16.9 Å². The quantitative estimate of drug-likeness (QED) is 0.412. The van der Waals surface area contributed by atoms with Gasteiger partial charge in [-0.15, -0.1) is 0 Å². The highest BCUT2D eigenvalue weighted by molar-refractivity contribution is 6.33. The third kappa shape index (κ3) is 2.85. The lowest BCUT2D eigenvalue weighted by atomic mass is 9.60. The molecule has 0 aliphatic heterocycles. The molecule has 0 fully saturated rings. The number of fused-ring (bicyclic) bond motifs is 3. The minimum atomic E-state index is -2.58. The lowest BCUT2D eigenvalue weighted by Gasteiger charge is -2.45. The maximum Gasteiger partial charge on any atom is 0.255 e. The summed E-state index contributed by atoms with van der Waals surface area (Å²) in [5.41, 5.74) is 3.42. The number of aliphatic hydroxyl groups excluding tert-OH is 2. The van der Waals surface area contributed by atoms with Gasteiger partial charge in [-0.3, -0.25) is 14.4 Å². The largest absolute Gasteiger partial charge is 0.511 e. The van der Waals surface area contributed by atoms with E-state index in [0.717, 1.165) is 0 Å². The van der Waals surface area contributed by atoms with E-state index in [-0.39, 0.29) is 36.1 Å². The lowest BCUT2D eigenvalue weighted by molar-refractivity contribution is -0.144. The van der Waals surface area contributed by atoms with Crippen LogP contribution >= 0.6 is 11.6 Å². The van der Waals surface area contributed by atoms with Crippen LogP contribution < -0.4 is 5.73 Å². The number of ketones is 2. The number of amides is 1. The van der Waals surface area contributed by atoms with E-state index in [9.17, 15) is 34.8 Å². The van der Waals surface area contributed by atoms with Gasteiger partial charge in [-0.05, 0) is 42.0 Å². The maximum absolute atomic E-state index is 13.6. The summed E-state index contributed by atoms with van der Waals surface area (Å²) in [6.07, 6.45) is 0.0106. The summed E-state index contributed by atoms with van der Waals surface area (Å²) in [6.45, 7) is 0. The Morgan fingerprint density at radius 1 is 1.03 bits per heavy atom. The van der Waals surface area contributed by atoms with Gasteiger partial charge in [0.05, 0.1) is 5.56 Å². The summed E-state index contributed by atoms with van der Waals surface area (Å²) < 4.78 is 0. The molecule has 5 rings (SSSR count). The van der Waals surface area contributed by atoms with Gasteiger partial charge in [0.15, 0.2) is 11.4 Å². The summed E-state index contributed by atoms with van der Waals surface area (Å²) in [7, 11) is 0. The Balaban J connectivity index is 1.70. The van der Waals surface area contributed by atoms with Crippen LogP contribution in [0.4, 0.5) is 0 Å². The molecule has 0 heterocycles. The highest BCUT2D eigenvalue weighted by atomic mass is 35.5. The zero-order valence-electron chi connectivity index (χ0n) is 17.7. The number of rotatable bonds is 2. The van der Waals surface area contributed by atoms with E-state index >= 15 is 0 Å². The number of primary amides is 1. The SMILES string of the molecule is NC(=O)C1=C(O)C[C@@H]2C[C@@H]3Cc4c(-c5ccccc5Cl)ccc(O)c4C(=O)C3=C(O)[C@]2(O)C1=O. The van der Waals surface area contributed by atoms with Crippen molar-refractivity contribution in [3.05, 3.63) is 75.2 Å². The van der Waals surface area contributed by atoms with Gasteiger partial charge in [0.1, 0.15) is 22.8 Å². The number of aliphatic hydroxyl groups is 3. The number of phenols is 1. The van der Waals surface area contributed by atoms with Crippen LogP contribution in [0.5, 0.6) is 5.75 Å². The Labute approximate surface area is 198 Å². The Morgan fingerprint density at radius 2 is 1.74 bits per heavy atom. The first-order valence-corrected chi connectivity index (χ1v) is 11.0. The van der Waals surface area contributed by atoms with Gasteiger partial charge in [-0.2, -0.15) is 0 Å². The highest BCUT2D eigenvalue weighted by Gasteiger charge is 2.59. The molecule has 2 aromatic carbocycles. The normalized spacial score (nSPS) is 26.2. The number of hydrogen-bond acceptors (Lipinski definition) is 7. The number of benzene rings is 2. The summed E-state index contributed by atoms with van der Waals surface area (Å²) >= 11 is 6.38. The Hall–Kier alpha value is -3.62. The number of hydrogen-bond donors (Lipinski definition) is 5. The van der Waals surface area contributed by atoms with E-state index < -0.39 is 52.0 Å². The predicted octanol–water partition coefficient (Wildman–Crippen LogP) is 2.90. The highest BCUT2D eigenvalue weighted by Crippen LogP contribution is 2.52. The van der Waals surface area contributed by atoms with Crippen molar-refractivity contribution in [3.63, 3.8) is 0 Å². The average Bonchev–Trinajstić information content (AvgIpc) is 2.77. The minimum Gasteiger partial charge on any atom is -0.511 e. The van der Waals surface area contributed by atoms with Gasteiger partial charge in [0, 0.05) is 28.5 Å². The molecule has 0 saturated heterocycles. The Kier molecular flexibility index (Phi) is 4.86. The van der Waals surface area contributed by atoms with Gasteiger partial charge < -0.3 is 26.2 Å². The van der Waals surface area contributed by atoms with Crippen LogP contribution in [-0.4, -0.2) is 43.5 Å². The minimum absolute atomic E-state index is 0.0472. The fourth-order valence-corrected chi connectivity index (χ4v) is 5.79. The van der Waals surface area contributed by atoms with E-state index in [4.69, 9.17) is 17.3 Å². The molecule has 0 aromatic heterocycles. The predicted molar refractivity (Wildman–Crippen MR) is 121 cm³/mol. The molecule has 174 valence electrons. The topological polar surface area (TPSA) is 158 Å². The number of allylic oxidation sites excluding steroid dienone is 2. The van der Waals surface area contributed by atoms with E-state index in [1.807, 2.05) is 0 Å². The Bertz CT molecular complexity index is 1380. The third-order valence-corrected chi connectivity index (χ3v) is 7.44. The van der Waals surface area contributed by atoms with Gasteiger partial charge >= 0.3 is 0 Å². The summed E-state index contributed by atoms with van der Waals surface area (Å²) in [5, 5.41) is 43.6. The molecule has 3 aliphatic carbocycles. The number of halogens is 1. The van der Waals surface area contributed by atoms with Crippen LogP contribution in [0.15, 0.2) is 59.1 Å². The smallest absolute Gasteiger partial charge is 0.255 e. The van der Waals surface area contributed by atoms with Crippen molar-refractivity contribution < 1.29 is 34.8 Å². The number of Topliss-reactive ketones (excluding diaryl/α,β-unsaturated/α-hetero) is 2. The van der Waals surface area contributed by atoms with Gasteiger partial charge in [0.2, 0.25) is 5.78 Å².